The fourth-order valence-electron chi connectivity index (χ4n) is 2.02. The molecule has 0 radical (unpaired) electrons. The van der Waals surface area contributed by atoms with Gasteiger partial charge in [0.2, 0.25) is 0 Å². The molecule has 0 saturated heterocycles. The van der Waals surface area contributed by atoms with E-state index < -0.39 is 0 Å². The molecule has 70 valence electrons. The molecular formula is C11H16N2. The lowest BCUT2D eigenvalue weighted by molar-refractivity contribution is 0.266. The van der Waals surface area contributed by atoms with Crippen LogP contribution in [0.3, 0.4) is 0 Å². The quantitative estimate of drug-likeness (QED) is 0.692. The highest BCUT2D eigenvalue weighted by Gasteiger charge is 2.26. The van der Waals surface area contributed by atoms with Crippen molar-refractivity contribution in [3.8, 4) is 0 Å². The van der Waals surface area contributed by atoms with E-state index in [1.165, 1.54) is 37.8 Å². The summed E-state index contributed by atoms with van der Waals surface area (Å²) in [5.41, 5.74) is 1.33. The smallest absolute Gasteiger partial charge is 0.0655 e. The number of nitrogens with zero attached hydrogens (tertiary/aromatic N) is 2. The Morgan fingerprint density at radius 3 is 2.77 bits per heavy atom. The summed E-state index contributed by atoms with van der Waals surface area (Å²) in [5.74, 6) is 1.73. The van der Waals surface area contributed by atoms with Gasteiger partial charge in [-0.15, -0.1) is 0 Å². The molecule has 1 heterocycles. The third-order valence-corrected chi connectivity index (χ3v) is 3.33. The topological polar surface area (TPSA) is 17.8 Å². The van der Waals surface area contributed by atoms with Gasteiger partial charge in [-0.1, -0.05) is 6.42 Å². The summed E-state index contributed by atoms with van der Waals surface area (Å²) >= 11 is 0. The Balaban J connectivity index is 1.66. The van der Waals surface area contributed by atoms with Gasteiger partial charge in [0, 0.05) is 18.7 Å². The lowest BCUT2D eigenvalue weighted by Gasteiger charge is -2.24. The maximum Gasteiger partial charge on any atom is 0.0655 e. The molecule has 13 heavy (non-hydrogen) atoms. The lowest BCUT2D eigenvalue weighted by Crippen LogP contribution is -2.18. The van der Waals surface area contributed by atoms with E-state index in [0.29, 0.717) is 0 Å². The molecule has 0 amide bonds. The van der Waals surface area contributed by atoms with Gasteiger partial charge in [0.1, 0.15) is 0 Å². The zero-order valence-corrected chi connectivity index (χ0v) is 7.95. The van der Waals surface area contributed by atoms with Gasteiger partial charge in [0.15, 0.2) is 0 Å². The van der Waals surface area contributed by atoms with Crippen LogP contribution in [-0.4, -0.2) is 9.78 Å². The Hall–Kier alpha value is -0.790. The first kappa shape index (κ1) is 7.60. The Kier molecular flexibility index (Phi) is 1.67. The Labute approximate surface area is 78.9 Å². The zero-order valence-electron chi connectivity index (χ0n) is 7.95. The molecule has 1 aromatic rings. The molecule has 1 aromatic heterocycles. The van der Waals surface area contributed by atoms with E-state index in [1.807, 2.05) is 0 Å². The molecule has 0 atom stereocenters. The van der Waals surface area contributed by atoms with E-state index in [0.717, 1.165) is 18.4 Å². The maximum atomic E-state index is 4.61. The highest BCUT2D eigenvalue weighted by molar-refractivity contribution is 5.12. The predicted octanol–water partition coefficient (Wildman–Crippen LogP) is 2.56. The van der Waals surface area contributed by atoms with E-state index in [9.17, 15) is 0 Å². The predicted molar refractivity (Wildman–Crippen MR) is 51.5 cm³/mol. The first-order valence-corrected chi connectivity index (χ1v) is 5.45. The number of hydrogen-bond donors (Lipinski definition) is 0. The van der Waals surface area contributed by atoms with Crippen molar-refractivity contribution < 1.29 is 0 Å². The van der Waals surface area contributed by atoms with Crippen LogP contribution in [0.1, 0.15) is 43.7 Å². The van der Waals surface area contributed by atoms with Crippen LogP contribution in [0.4, 0.5) is 0 Å². The van der Waals surface area contributed by atoms with E-state index >= 15 is 0 Å². The number of rotatable bonds is 3. The van der Waals surface area contributed by atoms with Crippen molar-refractivity contribution in [2.75, 3.05) is 0 Å². The molecule has 0 unspecified atom stereocenters. The van der Waals surface area contributed by atoms with Crippen LogP contribution < -0.4 is 0 Å². The van der Waals surface area contributed by atoms with Gasteiger partial charge in [-0.25, -0.2) is 0 Å². The van der Waals surface area contributed by atoms with Crippen molar-refractivity contribution in [1.29, 1.82) is 0 Å². The second kappa shape index (κ2) is 2.86. The largest absolute Gasteiger partial charge is 0.272 e. The molecule has 2 fully saturated rings. The highest BCUT2D eigenvalue weighted by atomic mass is 15.3. The Morgan fingerprint density at radius 2 is 2.15 bits per heavy atom. The van der Waals surface area contributed by atoms with Crippen molar-refractivity contribution in [2.45, 2.75) is 44.6 Å². The van der Waals surface area contributed by atoms with E-state index in [4.69, 9.17) is 0 Å². The van der Waals surface area contributed by atoms with Gasteiger partial charge in [0.05, 0.1) is 5.69 Å². The van der Waals surface area contributed by atoms with Crippen LogP contribution in [0.25, 0.3) is 0 Å². The molecule has 2 nitrogen and oxygen atoms in total. The third-order valence-electron chi connectivity index (χ3n) is 3.33. The minimum absolute atomic E-state index is 0.808. The maximum absolute atomic E-state index is 4.61. The van der Waals surface area contributed by atoms with Crippen LogP contribution in [0.2, 0.25) is 0 Å². The summed E-state index contributed by atoms with van der Waals surface area (Å²) in [6.07, 6.45) is 9.14. The Bertz CT molecular complexity index is 295. The van der Waals surface area contributed by atoms with Crippen LogP contribution in [0, 0.1) is 5.92 Å². The first-order valence-electron chi connectivity index (χ1n) is 5.45. The van der Waals surface area contributed by atoms with E-state index in [2.05, 4.69) is 22.0 Å². The Morgan fingerprint density at radius 1 is 1.31 bits per heavy atom. The standard InChI is InChI=1S/C11H16N2/c1-2-9(3-1)8-13-7-6-11(12-13)10-4-5-10/h6-7,9-10H,1-5,8H2. The summed E-state index contributed by atoms with van der Waals surface area (Å²) < 4.78 is 2.15. The lowest BCUT2D eigenvalue weighted by atomic mass is 9.85. The van der Waals surface area contributed by atoms with Crippen molar-refractivity contribution in [1.82, 2.24) is 9.78 Å². The monoisotopic (exact) mass is 176 g/mol. The summed E-state index contributed by atoms with van der Waals surface area (Å²) in [7, 11) is 0. The van der Waals surface area contributed by atoms with Crippen LogP contribution >= 0.6 is 0 Å². The number of hydrogen-bond acceptors (Lipinski definition) is 1. The molecule has 0 aliphatic heterocycles. The fraction of sp³-hybridized carbons (Fsp3) is 0.727. The number of aromatic nitrogens is 2. The van der Waals surface area contributed by atoms with Gasteiger partial charge < -0.3 is 0 Å². The molecule has 2 aliphatic rings. The zero-order chi connectivity index (χ0) is 8.67. The van der Waals surface area contributed by atoms with Gasteiger partial charge in [-0.05, 0) is 37.7 Å². The van der Waals surface area contributed by atoms with Crippen molar-refractivity contribution in [2.24, 2.45) is 5.92 Å². The SMILES string of the molecule is c1cn(CC2CCC2)nc1C1CC1. The van der Waals surface area contributed by atoms with E-state index in [1.54, 1.807) is 0 Å². The van der Waals surface area contributed by atoms with Crippen molar-refractivity contribution in [3.63, 3.8) is 0 Å². The van der Waals surface area contributed by atoms with Crippen LogP contribution in [-0.2, 0) is 6.54 Å². The summed E-state index contributed by atoms with van der Waals surface area (Å²) in [4.78, 5) is 0. The van der Waals surface area contributed by atoms with Gasteiger partial charge in [0.25, 0.3) is 0 Å². The average Bonchev–Trinajstić information content (AvgIpc) is 2.80. The molecule has 0 bridgehead atoms. The molecule has 0 N–H and O–H groups in total. The van der Waals surface area contributed by atoms with Gasteiger partial charge in [-0.3, -0.25) is 4.68 Å². The normalized spacial score (nSPS) is 23.1. The summed E-state index contributed by atoms with van der Waals surface area (Å²) in [6, 6.07) is 2.20. The molecule has 2 saturated carbocycles. The van der Waals surface area contributed by atoms with E-state index in [-0.39, 0.29) is 0 Å². The molecule has 2 heteroatoms. The molecule has 0 spiro atoms. The van der Waals surface area contributed by atoms with Gasteiger partial charge >= 0.3 is 0 Å². The minimum atomic E-state index is 0.808. The summed E-state index contributed by atoms with van der Waals surface area (Å²) in [6.45, 7) is 1.16. The first-order chi connectivity index (χ1) is 6.42. The second-order valence-electron chi connectivity index (χ2n) is 4.53. The molecular weight excluding hydrogens is 160 g/mol. The second-order valence-corrected chi connectivity index (χ2v) is 4.53. The van der Waals surface area contributed by atoms with Crippen molar-refractivity contribution in [3.05, 3.63) is 18.0 Å². The van der Waals surface area contributed by atoms with Crippen molar-refractivity contribution >= 4 is 0 Å². The minimum Gasteiger partial charge on any atom is -0.272 e. The fourth-order valence-corrected chi connectivity index (χ4v) is 2.02. The van der Waals surface area contributed by atoms with Gasteiger partial charge in [-0.2, -0.15) is 5.10 Å². The molecule has 0 aromatic carbocycles. The molecule has 2 aliphatic carbocycles. The third kappa shape index (κ3) is 1.50. The molecule has 3 rings (SSSR count). The van der Waals surface area contributed by atoms with Crippen LogP contribution in [0.15, 0.2) is 12.3 Å². The average molecular weight is 176 g/mol. The highest BCUT2D eigenvalue weighted by Crippen LogP contribution is 2.39. The summed E-state index contributed by atoms with van der Waals surface area (Å²) in [5, 5.41) is 4.61. The van der Waals surface area contributed by atoms with Crippen LogP contribution in [0.5, 0.6) is 0 Å².